The van der Waals surface area contributed by atoms with Gasteiger partial charge in [0.15, 0.2) is 73.8 Å². The van der Waals surface area contributed by atoms with Crippen molar-refractivity contribution in [2.45, 2.75) is 193 Å². The second kappa shape index (κ2) is 35.3. The van der Waals surface area contributed by atoms with Crippen LogP contribution < -0.4 is 39.6 Å². The standard InChI is InChI=1S/C24H33NO5S.C21H27NO4S.C20H25NO3S.C19H23NO4S/c1-5-14-24(6-2)17-31(27,28)22-16-21(30-8-4)20(29-7-3)15-19(22)23(25(24)26)18-12-10-9-11-13-18;1-5-21(6-2)14-27(23,24)19-13-18(26-4)17(25-3)12-16(19)20(22-21)15-10-8-7-9-11-15;1-4-20(5-2)14-25(22,23)18-13-16(24-3)11-12-17(18)19(21-20)15-9-7-6-8-10-15;1-3-19(4-2)12-25(23,24)17-11-16(22)15(21)10-14(17)18(20-19)13-8-6-5-7-9-13/h9-13,15-16,23,26H,5-8,14,17H2,1-4H3;7-13,20,22H,5-6,14H2,1-4H3;6-13,19,21H,4-5,14H2,1-3H3;5-11,18,20-22H,3-4,12H2,1-2H3/t23-,24-;;;/m1.../s1. The van der Waals surface area contributed by atoms with Crippen molar-refractivity contribution >= 4 is 39.3 Å². The Morgan fingerprint density at radius 2 is 0.722 bits per heavy atom. The number of methoxy groups -OCH3 is 3. The highest BCUT2D eigenvalue weighted by Crippen LogP contribution is 2.49. The number of rotatable bonds is 20. The second-order valence-corrected chi connectivity index (χ2v) is 36.0. The molecule has 8 aromatic carbocycles. The van der Waals surface area contributed by atoms with Crippen molar-refractivity contribution in [2.24, 2.45) is 0 Å². The lowest BCUT2D eigenvalue weighted by Gasteiger charge is -2.41. The third kappa shape index (κ3) is 17.9. The highest BCUT2D eigenvalue weighted by molar-refractivity contribution is 7.92. The van der Waals surface area contributed by atoms with Crippen molar-refractivity contribution in [3.63, 3.8) is 0 Å². The predicted octanol–water partition coefficient (Wildman–Crippen LogP) is 15.6. The van der Waals surface area contributed by atoms with E-state index < -0.39 is 73.3 Å². The maximum atomic E-state index is 13.7. The molecule has 0 aliphatic carbocycles. The molecule has 4 heterocycles. The Kier molecular flexibility index (Phi) is 27.5. The minimum Gasteiger partial charge on any atom is -0.504 e. The summed E-state index contributed by atoms with van der Waals surface area (Å²) in [5.41, 5.74) is 3.85. The number of hydrogen-bond donors (Lipinski definition) is 6. The van der Waals surface area contributed by atoms with Gasteiger partial charge in [-0.3, -0.25) is 16.0 Å². The number of sulfone groups is 4. The Morgan fingerprint density at radius 1 is 0.380 bits per heavy atom. The average molecular weight is 1560 g/mol. The number of aromatic hydroxyl groups is 2. The first-order valence-electron chi connectivity index (χ1n) is 37.3. The highest BCUT2D eigenvalue weighted by Gasteiger charge is 2.49. The van der Waals surface area contributed by atoms with E-state index in [1.165, 1.54) is 24.3 Å². The van der Waals surface area contributed by atoms with Crippen molar-refractivity contribution in [3.05, 3.63) is 220 Å². The molecular formula is C84H108N4O16S4. The third-order valence-corrected chi connectivity index (χ3v) is 29.8. The minimum absolute atomic E-state index is 0.0481. The van der Waals surface area contributed by atoms with E-state index in [1.807, 2.05) is 203 Å². The fraction of sp³-hybridized carbons (Fsp3) is 0.429. The molecule has 0 spiro atoms. The lowest BCUT2D eigenvalue weighted by molar-refractivity contribution is -0.193. The number of fused-ring (bicyclic) bond motifs is 4. The molecule has 24 heteroatoms. The molecule has 0 aromatic heterocycles. The zero-order valence-electron chi connectivity index (χ0n) is 64.4. The van der Waals surface area contributed by atoms with Crippen molar-refractivity contribution < 1.29 is 72.8 Å². The maximum Gasteiger partial charge on any atom is 0.180 e. The molecule has 5 atom stereocenters. The van der Waals surface area contributed by atoms with Crippen LogP contribution in [0, 0.1) is 0 Å². The summed E-state index contributed by atoms with van der Waals surface area (Å²) in [6.07, 6.45) is 6.05. The number of hydroxylamine groups is 2. The van der Waals surface area contributed by atoms with Crippen LogP contribution in [0.25, 0.3) is 0 Å². The van der Waals surface area contributed by atoms with E-state index in [4.69, 9.17) is 23.7 Å². The lowest BCUT2D eigenvalue weighted by atomic mass is 9.88. The molecule has 0 amide bonds. The van der Waals surface area contributed by atoms with Gasteiger partial charge in [-0.25, -0.2) is 33.7 Å². The van der Waals surface area contributed by atoms with Gasteiger partial charge in [-0.15, -0.1) is 0 Å². The monoisotopic (exact) mass is 1560 g/mol. The van der Waals surface area contributed by atoms with Gasteiger partial charge in [0, 0.05) is 34.8 Å². The van der Waals surface area contributed by atoms with Crippen LogP contribution in [-0.2, 0) is 39.3 Å². The van der Waals surface area contributed by atoms with Crippen molar-refractivity contribution in [1.82, 2.24) is 21.0 Å². The van der Waals surface area contributed by atoms with Crippen LogP contribution in [0.5, 0.6) is 40.2 Å². The normalized spacial score (nSPS) is 21.5. The quantitative estimate of drug-likeness (QED) is 0.0387. The minimum atomic E-state index is -3.70. The topological polar surface area (TPSA) is 283 Å². The Balaban J connectivity index is 0.000000167. The summed E-state index contributed by atoms with van der Waals surface area (Å²) in [6, 6.07) is 52.2. The molecule has 8 aromatic rings. The number of nitrogens with one attached hydrogen (secondary N) is 3. The van der Waals surface area contributed by atoms with E-state index in [-0.39, 0.29) is 56.7 Å². The van der Waals surface area contributed by atoms with E-state index in [2.05, 4.69) is 16.0 Å². The smallest absolute Gasteiger partial charge is 0.180 e. The zero-order valence-corrected chi connectivity index (χ0v) is 67.7. The van der Waals surface area contributed by atoms with E-state index in [9.17, 15) is 49.1 Å². The SMILES string of the molecule is CCC1(CC)CS(=O)(=O)c2cc(O)c(O)cc2C(c2ccccc2)N1.CCC1(CC)CS(=O)(=O)c2cc(OC)c(OC)cc2C(c2ccccc2)N1.CCC1(CC)CS(=O)(=O)c2cc(OC)ccc2C(c2ccccc2)N1.CCC[C@]1(CC)CS(=O)(=O)c2cc(OCC)c(OCC)cc2[C@@H](c2ccccc2)N1O. The first-order valence-corrected chi connectivity index (χ1v) is 43.9. The average Bonchev–Trinajstić information content (AvgIpc) is 1.54. The second-order valence-electron chi connectivity index (χ2n) is 28.2. The van der Waals surface area contributed by atoms with E-state index >= 15 is 0 Å². The van der Waals surface area contributed by atoms with Gasteiger partial charge in [0.25, 0.3) is 0 Å². The summed E-state index contributed by atoms with van der Waals surface area (Å²) < 4.78 is 134. The molecule has 4 aliphatic rings. The van der Waals surface area contributed by atoms with Crippen molar-refractivity contribution in [2.75, 3.05) is 57.6 Å². The predicted molar refractivity (Wildman–Crippen MR) is 423 cm³/mol. The summed E-state index contributed by atoms with van der Waals surface area (Å²) in [6.45, 7) is 20.6. The Bertz CT molecular complexity index is 4830. The summed E-state index contributed by atoms with van der Waals surface area (Å²) in [7, 11) is -9.63. The van der Waals surface area contributed by atoms with Gasteiger partial charge in [-0.2, -0.15) is 5.06 Å². The van der Waals surface area contributed by atoms with E-state index in [1.54, 1.807) is 44.6 Å². The van der Waals surface area contributed by atoms with Gasteiger partial charge >= 0.3 is 0 Å². The molecule has 0 fully saturated rings. The first kappa shape index (κ1) is 84.0. The number of phenols is 2. The van der Waals surface area contributed by atoms with Gasteiger partial charge in [-0.05, 0) is 140 Å². The molecule has 108 heavy (non-hydrogen) atoms. The van der Waals surface area contributed by atoms with Gasteiger partial charge < -0.3 is 39.1 Å². The first-order chi connectivity index (χ1) is 51.5. The summed E-state index contributed by atoms with van der Waals surface area (Å²) in [4.78, 5) is 0.953. The van der Waals surface area contributed by atoms with Crippen LogP contribution in [0.15, 0.2) is 196 Å². The molecule has 0 radical (unpaired) electrons. The number of phenolic OH excluding ortho intramolecular Hbond substituents is 2. The maximum absolute atomic E-state index is 13.7. The highest BCUT2D eigenvalue weighted by atomic mass is 32.2. The molecule has 12 rings (SSSR count). The Labute approximate surface area is 640 Å². The Hall–Kier alpha value is -8.04. The molecule has 6 N–H and O–H groups in total. The molecule has 0 saturated heterocycles. The Morgan fingerprint density at radius 3 is 1.12 bits per heavy atom. The van der Waals surface area contributed by atoms with Gasteiger partial charge in [0.1, 0.15) is 5.75 Å². The fourth-order valence-electron chi connectivity index (χ4n) is 15.4. The zero-order chi connectivity index (χ0) is 78.6. The van der Waals surface area contributed by atoms with Gasteiger partial charge in [0.05, 0.1) is 107 Å². The van der Waals surface area contributed by atoms with Crippen LogP contribution in [-0.4, -0.2) is 134 Å². The lowest BCUT2D eigenvalue weighted by Crippen LogP contribution is -2.51. The van der Waals surface area contributed by atoms with Gasteiger partial charge in [-0.1, -0.05) is 189 Å². The number of hydrogen-bond acceptors (Lipinski definition) is 20. The van der Waals surface area contributed by atoms with Crippen LogP contribution in [0.4, 0.5) is 0 Å². The summed E-state index contributed by atoms with van der Waals surface area (Å²) >= 11 is 0. The van der Waals surface area contributed by atoms with Crippen molar-refractivity contribution in [3.8, 4) is 40.2 Å². The molecule has 0 saturated carbocycles. The van der Waals surface area contributed by atoms with Crippen LogP contribution in [0.1, 0.15) is 196 Å². The molecule has 3 unspecified atom stereocenters. The van der Waals surface area contributed by atoms with Gasteiger partial charge in [0.2, 0.25) is 0 Å². The molecular weight excluding hydrogens is 1450 g/mol. The molecule has 0 bridgehead atoms. The summed E-state index contributed by atoms with van der Waals surface area (Å²) in [5, 5.41) is 43.6. The van der Waals surface area contributed by atoms with Crippen LogP contribution in [0.3, 0.4) is 0 Å². The van der Waals surface area contributed by atoms with Crippen LogP contribution >= 0.6 is 0 Å². The third-order valence-electron chi connectivity index (χ3n) is 22.0. The summed E-state index contributed by atoms with van der Waals surface area (Å²) in [5.74, 6) is 1.59. The molecule has 584 valence electrons. The fourth-order valence-corrected chi connectivity index (χ4v) is 24.2. The number of nitrogens with zero attached hydrogens (tertiary/aromatic N) is 1. The number of benzene rings is 8. The van der Waals surface area contributed by atoms with E-state index in [0.29, 0.717) is 107 Å². The van der Waals surface area contributed by atoms with E-state index in [0.717, 1.165) is 47.1 Å². The largest absolute Gasteiger partial charge is 0.504 e. The van der Waals surface area contributed by atoms with Crippen molar-refractivity contribution in [1.29, 1.82) is 0 Å². The number of ether oxygens (including phenoxy) is 5. The molecule has 4 aliphatic heterocycles. The van der Waals surface area contributed by atoms with Crippen LogP contribution in [0.2, 0.25) is 0 Å². The molecule has 20 nitrogen and oxygen atoms in total.